The zero-order chi connectivity index (χ0) is 19.2. The number of aromatic nitrogens is 2. The standard InChI is InChI=1S/C22H24N4O/c1-15(2)19-6-4-5-16(3)21(19)26-22(27)18-7-8-20(25-14-18)24-13-17-9-11-23-12-10-17/h4-12,14-15H,13H2,1-3H3,(H,24,25)(H,26,27). The number of amides is 1. The van der Waals surface area contributed by atoms with Crippen LogP contribution in [0, 0.1) is 6.92 Å². The zero-order valence-corrected chi connectivity index (χ0v) is 15.9. The van der Waals surface area contributed by atoms with Gasteiger partial charge in [0.25, 0.3) is 5.91 Å². The fraction of sp³-hybridized carbons (Fsp3) is 0.227. The molecule has 0 unspecified atom stereocenters. The van der Waals surface area contributed by atoms with Gasteiger partial charge in [-0.3, -0.25) is 9.78 Å². The Morgan fingerprint density at radius 3 is 2.52 bits per heavy atom. The highest BCUT2D eigenvalue weighted by Gasteiger charge is 2.13. The van der Waals surface area contributed by atoms with Crippen molar-refractivity contribution in [3.05, 3.63) is 83.3 Å². The quantitative estimate of drug-likeness (QED) is 0.664. The Labute approximate surface area is 159 Å². The molecule has 1 aromatic carbocycles. The van der Waals surface area contributed by atoms with Crippen LogP contribution in [0.3, 0.4) is 0 Å². The summed E-state index contributed by atoms with van der Waals surface area (Å²) in [6, 6.07) is 13.6. The average molecular weight is 360 g/mol. The second kappa shape index (κ2) is 8.45. The number of carbonyl (C=O) groups is 1. The van der Waals surface area contributed by atoms with E-state index in [1.54, 1.807) is 24.7 Å². The number of benzene rings is 1. The van der Waals surface area contributed by atoms with Crippen LogP contribution >= 0.6 is 0 Å². The second-order valence-corrected chi connectivity index (χ2v) is 6.79. The summed E-state index contributed by atoms with van der Waals surface area (Å²) in [5.74, 6) is 0.902. The van der Waals surface area contributed by atoms with Crippen molar-refractivity contribution in [1.29, 1.82) is 0 Å². The van der Waals surface area contributed by atoms with Crippen LogP contribution in [-0.4, -0.2) is 15.9 Å². The predicted molar refractivity (Wildman–Crippen MR) is 109 cm³/mol. The number of rotatable bonds is 6. The molecular formula is C22H24N4O. The number of para-hydroxylation sites is 1. The molecule has 5 heteroatoms. The van der Waals surface area contributed by atoms with Gasteiger partial charge in [-0.2, -0.15) is 0 Å². The maximum absolute atomic E-state index is 12.7. The van der Waals surface area contributed by atoms with Crippen LogP contribution in [0.15, 0.2) is 61.1 Å². The number of pyridine rings is 2. The van der Waals surface area contributed by atoms with Gasteiger partial charge in [-0.1, -0.05) is 32.0 Å². The molecule has 0 saturated carbocycles. The first-order valence-electron chi connectivity index (χ1n) is 9.04. The minimum atomic E-state index is -0.153. The highest BCUT2D eigenvalue weighted by atomic mass is 16.1. The summed E-state index contributed by atoms with van der Waals surface area (Å²) < 4.78 is 0. The van der Waals surface area contributed by atoms with E-state index in [-0.39, 0.29) is 5.91 Å². The summed E-state index contributed by atoms with van der Waals surface area (Å²) in [6.45, 7) is 6.90. The molecule has 2 aromatic heterocycles. The van der Waals surface area contributed by atoms with Crippen LogP contribution in [0.2, 0.25) is 0 Å². The predicted octanol–water partition coefficient (Wildman–Crippen LogP) is 4.77. The third-order valence-corrected chi connectivity index (χ3v) is 4.41. The molecule has 0 aliphatic carbocycles. The number of hydrogen-bond acceptors (Lipinski definition) is 4. The van der Waals surface area contributed by atoms with Crippen molar-refractivity contribution in [3.8, 4) is 0 Å². The van der Waals surface area contributed by atoms with E-state index >= 15 is 0 Å². The largest absolute Gasteiger partial charge is 0.366 e. The van der Waals surface area contributed by atoms with E-state index in [2.05, 4.69) is 40.5 Å². The van der Waals surface area contributed by atoms with Crippen molar-refractivity contribution in [2.45, 2.75) is 33.2 Å². The highest BCUT2D eigenvalue weighted by Crippen LogP contribution is 2.27. The molecule has 3 rings (SSSR count). The molecule has 5 nitrogen and oxygen atoms in total. The van der Waals surface area contributed by atoms with E-state index in [1.165, 1.54) is 0 Å². The van der Waals surface area contributed by atoms with Crippen molar-refractivity contribution < 1.29 is 4.79 Å². The van der Waals surface area contributed by atoms with Crippen LogP contribution in [0.4, 0.5) is 11.5 Å². The molecule has 1 amide bonds. The lowest BCUT2D eigenvalue weighted by Crippen LogP contribution is -2.15. The maximum atomic E-state index is 12.7. The first-order chi connectivity index (χ1) is 13.0. The van der Waals surface area contributed by atoms with E-state index in [1.807, 2.05) is 37.3 Å². The molecule has 0 radical (unpaired) electrons. The van der Waals surface area contributed by atoms with Gasteiger partial charge in [0.05, 0.1) is 5.56 Å². The van der Waals surface area contributed by atoms with Gasteiger partial charge in [-0.15, -0.1) is 0 Å². The van der Waals surface area contributed by atoms with Gasteiger partial charge in [-0.25, -0.2) is 4.98 Å². The molecule has 2 N–H and O–H groups in total. The lowest BCUT2D eigenvalue weighted by molar-refractivity contribution is 0.102. The van der Waals surface area contributed by atoms with E-state index < -0.39 is 0 Å². The van der Waals surface area contributed by atoms with E-state index in [0.29, 0.717) is 18.0 Å². The monoisotopic (exact) mass is 360 g/mol. The number of nitrogens with zero attached hydrogens (tertiary/aromatic N) is 2. The molecule has 0 bridgehead atoms. The van der Waals surface area contributed by atoms with Gasteiger partial charge >= 0.3 is 0 Å². The Kier molecular flexibility index (Phi) is 5.81. The SMILES string of the molecule is Cc1cccc(C(C)C)c1NC(=O)c1ccc(NCc2ccncc2)nc1. The molecule has 27 heavy (non-hydrogen) atoms. The van der Waals surface area contributed by atoms with Crippen molar-refractivity contribution in [3.63, 3.8) is 0 Å². The number of carbonyl (C=O) groups excluding carboxylic acids is 1. The zero-order valence-electron chi connectivity index (χ0n) is 15.9. The fourth-order valence-electron chi connectivity index (χ4n) is 2.85. The average Bonchev–Trinajstić information content (AvgIpc) is 2.69. The molecule has 138 valence electrons. The summed E-state index contributed by atoms with van der Waals surface area (Å²) in [5, 5.41) is 6.29. The van der Waals surface area contributed by atoms with Gasteiger partial charge in [0.1, 0.15) is 5.82 Å². The van der Waals surface area contributed by atoms with Crippen LogP contribution in [0.1, 0.15) is 46.8 Å². The summed E-state index contributed by atoms with van der Waals surface area (Å²) in [5.41, 5.74) is 4.72. The Morgan fingerprint density at radius 2 is 1.85 bits per heavy atom. The molecule has 2 heterocycles. The summed E-state index contributed by atoms with van der Waals surface area (Å²) >= 11 is 0. The van der Waals surface area contributed by atoms with Gasteiger partial charge in [-0.05, 0) is 53.8 Å². The Balaban J connectivity index is 1.68. The van der Waals surface area contributed by atoms with Crippen LogP contribution < -0.4 is 10.6 Å². The minimum Gasteiger partial charge on any atom is -0.366 e. The number of hydrogen-bond donors (Lipinski definition) is 2. The van der Waals surface area contributed by atoms with Crippen LogP contribution in [0.25, 0.3) is 0 Å². The molecule has 0 fully saturated rings. The molecule has 0 aliphatic heterocycles. The summed E-state index contributed by atoms with van der Waals surface area (Å²) in [4.78, 5) is 21.0. The number of aryl methyl sites for hydroxylation is 1. The Bertz CT molecular complexity index is 905. The van der Waals surface area contributed by atoms with Crippen molar-refractivity contribution >= 4 is 17.4 Å². The van der Waals surface area contributed by atoms with Gasteiger partial charge in [0, 0.05) is 30.8 Å². The fourth-order valence-corrected chi connectivity index (χ4v) is 2.85. The van der Waals surface area contributed by atoms with Crippen LogP contribution in [0.5, 0.6) is 0 Å². The van der Waals surface area contributed by atoms with E-state index in [0.717, 1.165) is 28.2 Å². The molecule has 3 aromatic rings. The van der Waals surface area contributed by atoms with Gasteiger partial charge in [0.2, 0.25) is 0 Å². The van der Waals surface area contributed by atoms with Gasteiger partial charge in [0.15, 0.2) is 0 Å². The topological polar surface area (TPSA) is 66.9 Å². The summed E-state index contributed by atoms with van der Waals surface area (Å²) in [7, 11) is 0. The second-order valence-electron chi connectivity index (χ2n) is 6.79. The Hall–Kier alpha value is -3.21. The third-order valence-electron chi connectivity index (χ3n) is 4.41. The van der Waals surface area contributed by atoms with Crippen molar-refractivity contribution in [2.75, 3.05) is 10.6 Å². The van der Waals surface area contributed by atoms with Crippen molar-refractivity contribution in [2.24, 2.45) is 0 Å². The van der Waals surface area contributed by atoms with E-state index in [9.17, 15) is 4.79 Å². The number of nitrogens with one attached hydrogen (secondary N) is 2. The smallest absolute Gasteiger partial charge is 0.257 e. The normalized spacial score (nSPS) is 10.7. The third kappa shape index (κ3) is 4.70. The van der Waals surface area contributed by atoms with Crippen molar-refractivity contribution in [1.82, 2.24) is 9.97 Å². The maximum Gasteiger partial charge on any atom is 0.257 e. The lowest BCUT2D eigenvalue weighted by Gasteiger charge is -2.16. The number of anilines is 2. The first kappa shape index (κ1) is 18.6. The molecular weight excluding hydrogens is 336 g/mol. The Morgan fingerprint density at radius 1 is 1.07 bits per heavy atom. The first-order valence-corrected chi connectivity index (χ1v) is 9.04. The lowest BCUT2D eigenvalue weighted by atomic mass is 9.98. The minimum absolute atomic E-state index is 0.153. The van der Waals surface area contributed by atoms with Crippen LogP contribution in [-0.2, 0) is 6.54 Å². The highest BCUT2D eigenvalue weighted by molar-refractivity contribution is 6.05. The van der Waals surface area contributed by atoms with E-state index in [4.69, 9.17) is 0 Å². The van der Waals surface area contributed by atoms with Gasteiger partial charge < -0.3 is 10.6 Å². The molecule has 0 saturated heterocycles. The molecule has 0 aliphatic rings. The molecule has 0 atom stereocenters. The summed E-state index contributed by atoms with van der Waals surface area (Å²) in [6.07, 6.45) is 5.11. The molecule has 0 spiro atoms.